The molecule has 1 nitrogen and oxygen atoms in total. The van der Waals surface area contributed by atoms with Crippen molar-refractivity contribution in [1.82, 2.24) is 0 Å². The van der Waals surface area contributed by atoms with Gasteiger partial charge in [0.1, 0.15) is 0 Å². The van der Waals surface area contributed by atoms with Crippen molar-refractivity contribution in [2.75, 3.05) is 0 Å². The lowest BCUT2D eigenvalue weighted by Crippen LogP contribution is -2.08. The topological polar surface area (TPSA) is 12.4 Å². The Hall–Kier alpha value is -2.93. The van der Waals surface area contributed by atoms with Crippen molar-refractivity contribution in [2.45, 2.75) is 26.3 Å². The Morgan fingerprint density at radius 1 is 0.808 bits per heavy atom. The summed E-state index contributed by atoms with van der Waals surface area (Å²) in [5, 5.41) is 0. The normalized spacial score (nSPS) is 11.6. The fourth-order valence-electron chi connectivity index (χ4n) is 3.18. The summed E-state index contributed by atoms with van der Waals surface area (Å²) in [7, 11) is 0. The Bertz CT molecular complexity index is 850. The molecule has 0 amide bonds. The van der Waals surface area contributed by atoms with E-state index in [4.69, 9.17) is 4.99 Å². The first-order chi connectivity index (χ1) is 12.6. The van der Waals surface area contributed by atoms with Crippen LogP contribution in [0.5, 0.6) is 0 Å². The molecule has 3 aromatic carbocycles. The van der Waals surface area contributed by atoms with Crippen LogP contribution in [0.25, 0.3) is 0 Å². The number of rotatable bonds is 6. The fraction of sp³-hybridized carbons (Fsp3) is 0.160. The third kappa shape index (κ3) is 4.37. The molecule has 0 N–H and O–H groups in total. The summed E-state index contributed by atoms with van der Waals surface area (Å²) in [6, 6.07) is 29.4. The summed E-state index contributed by atoms with van der Waals surface area (Å²) in [5.41, 5.74) is 6.98. The third-order valence-corrected chi connectivity index (χ3v) is 4.47. The van der Waals surface area contributed by atoms with Crippen LogP contribution in [-0.4, -0.2) is 5.71 Å². The number of benzene rings is 3. The van der Waals surface area contributed by atoms with Crippen LogP contribution >= 0.6 is 0 Å². The number of hydrogen-bond acceptors (Lipinski definition) is 1. The zero-order valence-corrected chi connectivity index (χ0v) is 15.5. The molecular formula is C25H25N. The van der Waals surface area contributed by atoms with E-state index in [9.17, 15) is 0 Å². The van der Waals surface area contributed by atoms with E-state index in [1.165, 1.54) is 11.1 Å². The summed E-state index contributed by atoms with van der Waals surface area (Å²) in [6.07, 6.45) is 0.841. The molecule has 1 atom stereocenters. The van der Waals surface area contributed by atoms with Crippen LogP contribution in [0.3, 0.4) is 0 Å². The first-order valence-corrected chi connectivity index (χ1v) is 9.03. The Labute approximate surface area is 156 Å². The first kappa shape index (κ1) is 17.9. The van der Waals surface area contributed by atoms with Gasteiger partial charge >= 0.3 is 0 Å². The minimum Gasteiger partial charge on any atom is -0.276 e. The van der Waals surface area contributed by atoms with Gasteiger partial charge < -0.3 is 0 Å². The molecule has 0 saturated heterocycles. The molecule has 130 valence electrons. The van der Waals surface area contributed by atoms with Crippen LogP contribution in [0.4, 0.5) is 0 Å². The van der Waals surface area contributed by atoms with E-state index in [1.54, 1.807) is 0 Å². The zero-order valence-electron chi connectivity index (χ0n) is 15.5. The van der Waals surface area contributed by atoms with Crippen molar-refractivity contribution < 1.29 is 0 Å². The van der Waals surface area contributed by atoms with Crippen LogP contribution < -0.4 is 0 Å². The van der Waals surface area contributed by atoms with E-state index in [1.807, 2.05) is 12.1 Å². The second kappa shape index (κ2) is 8.44. The molecular weight excluding hydrogens is 314 g/mol. The zero-order chi connectivity index (χ0) is 18.4. The molecule has 0 radical (unpaired) electrons. The van der Waals surface area contributed by atoms with E-state index in [0.29, 0.717) is 0 Å². The Morgan fingerprint density at radius 3 is 1.81 bits per heavy atom. The average molecular weight is 339 g/mol. The highest BCUT2D eigenvalue weighted by Gasteiger charge is 2.16. The summed E-state index contributed by atoms with van der Waals surface area (Å²) in [5.74, 6) is 0. The highest BCUT2D eigenvalue weighted by atomic mass is 14.8. The molecule has 3 rings (SSSR count). The van der Waals surface area contributed by atoms with E-state index in [2.05, 4.69) is 93.2 Å². The van der Waals surface area contributed by atoms with Gasteiger partial charge in [-0.15, -0.1) is 6.58 Å². The lowest BCUT2D eigenvalue weighted by Gasteiger charge is -2.18. The van der Waals surface area contributed by atoms with Crippen LogP contribution in [0.1, 0.15) is 41.6 Å². The minimum atomic E-state index is 0.0594. The molecule has 1 heteroatoms. The average Bonchev–Trinajstić information content (AvgIpc) is 2.67. The summed E-state index contributed by atoms with van der Waals surface area (Å²) >= 11 is 0. The van der Waals surface area contributed by atoms with Crippen LogP contribution in [-0.2, 0) is 0 Å². The van der Waals surface area contributed by atoms with Gasteiger partial charge in [0.15, 0.2) is 0 Å². The molecule has 0 bridgehead atoms. The molecule has 0 aliphatic heterocycles. The number of nitrogens with zero attached hydrogens (tertiary/aromatic N) is 1. The summed E-state index contributed by atoms with van der Waals surface area (Å²) in [6.45, 7) is 8.36. The Kier molecular flexibility index (Phi) is 5.80. The minimum absolute atomic E-state index is 0.0594. The molecule has 0 aliphatic rings. The van der Waals surface area contributed by atoms with Gasteiger partial charge in [0.25, 0.3) is 0 Å². The first-order valence-electron chi connectivity index (χ1n) is 9.03. The molecule has 0 aliphatic carbocycles. The lowest BCUT2D eigenvalue weighted by molar-refractivity contribution is 0.715. The molecule has 0 fully saturated rings. The summed E-state index contributed by atoms with van der Waals surface area (Å²) in [4.78, 5) is 5.24. The molecule has 26 heavy (non-hydrogen) atoms. The van der Waals surface area contributed by atoms with E-state index >= 15 is 0 Å². The molecule has 3 aromatic rings. The molecule has 0 spiro atoms. The van der Waals surface area contributed by atoms with Crippen molar-refractivity contribution in [1.29, 1.82) is 0 Å². The monoisotopic (exact) mass is 339 g/mol. The number of aliphatic imine (C=N–C) groups is 1. The number of hydrogen-bond donors (Lipinski definition) is 0. The maximum Gasteiger partial charge on any atom is 0.0796 e. The predicted octanol–water partition coefficient (Wildman–Crippen LogP) is 6.54. The van der Waals surface area contributed by atoms with Gasteiger partial charge in [0.05, 0.1) is 11.8 Å². The van der Waals surface area contributed by atoms with Gasteiger partial charge in [0.2, 0.25) is 0 Å². The third-order valence-electron chi connectivity index (χ3n) is 4.47. The quantitative estimate of drug-likeness (QED) is 0.357. The molecule has 0 heterocycles. The van der Waals surface area contributed by atoms with E-state index < -0.39 is 0 Å². The Balaban J connectivity index is 2.14. The van der Waals surface area contributed by atoms with Gasteiger partial charge in [-0.1, -0.05) is 90.5 Å². The van der Waals surface area contributed by atoms with Gasteiger partial charge in [0, 0.05) is 11.1 Å². The lowest BCUT2D eigenvalue weighted by atomic mass is 9.95. The van der Waals surface area contributed by atoms with Crippen LogP contribution in [0.15, 0.2) is 102 Å². The summed E-state index contributed by atoms with van der Waals surface area (Å²) < 4.78 is 0. The van der Waals surface area contributed by atoms with Crippen molar-refractivity contribution in [3.8, 4) is 0 Å². The van der Waals surface area contributed by atoms with Crippen LogP contribution in [0.2, 0.25) is 0 Å². The second-order valence-electron chi connectivity index (χ2n) is 6.74. The highest BCUT2D eigenvalue weighted by Crippen LogP contribution is 2.29. The van der Waals surface area contributed by atoms with E-state index in [-0.39, 0.29) is 6.04 Å². The molecule has 0 aromatic heterocycles. The number of aryl methyl sites for hydroxylation is 1. The van der Waals surface area contributed by atoms with Crippen molar-refractivity contribution in [3.63, 3.8) is 0 Å². The smallest absolute Gasteiger partial charge is 0.0796 e. The highest BCUT2D eigenvalue weighted by molar-refractivity contribution is 6.13. The fourth-order valence-corrected chi connectivity index (χ4v) is 3.18. The van der Waals surface area contributed by atoms with Crippen molar-refractivity contribution in [2.24, 2.45) is 4.99 Å². The Morgan fingerprint density at radius 2 is 1.31 bits per heavy atom. The standard InChI is InChI=1S/C25H25N/c1-19(2)18-24(23-17-11-10-12-20(23)3)26-25(21-13-6-4-7-14-21)22-15-8-5-9-16-22/h4-17,24H,1,18H2,2-3H3. The molecule has 1 unspecified atom stereocenters. The predicted molar refractivity (Wildman–Crippen MR) is 112 cm³/mol. The SMILES string of the molecule is C=C(C)CC(N=C(c1ccccc1)c1ccccc1)c1ccccc1C. The van der Waals surface area contributed by atoms with Crippen LogP contribution in [0, 0.1) is 6.92 Å². The van der Waals surface area contributed by atoms with Gasteiger partial charge in [-0.25, -0.2) is 0 Å². The molecule has 0 saturated carbocycles. The maximum atomic E-state index is 5.24. The van der Waals surface area contributed by atoms with Crippen molar-refractivity contribution >= 4 is 5.71 Å². The van der Waals surface area contributed by atoms with Gasteiger partial charge in [-0.2, -0.15) is 0 Å². The van der Waals surface area contributed by atoms with E-state index in [0.717, 1.165) is 28.8 Å². The van der Waals surface area contributed by atoms with Gasteiger partial charge in [-0.3, -0.25) is 4.99 Å². The maximum absolute atomic E-state index is 5.24. The second-order valence-corrected chi connectivity index (χ2v) is 6.74. The van der Waals surface area contributed by atoms with Gasteiger partial charge in [-0.05, 0) is 31.4 Å². The largest absolute Gasteiger partial charge is 0.276 e. The van der Waals surface area contributed by atoms with Crippen molar-refractivity contribution in [3.05, 3.63) is 119 Å².